The maximum Gasteiger partial charge on any atom is 0.240 e. The summed E-state index contributed by atoms with van der Waals surface area (Å²) in [5.41, 5.74) is 0. The summed E-state index contributed by atoms with van der Waals surface area (Å²) < 4.78 is 27.3. The van der Waals surface area contributed by atoms with Crippen molar-refractivity contribution in [2.24, 2.45) is 5.92 Å². The van der Waals surface area contributed by atoms with Crippen molar-refractivity contribution in [3.8, 4) is 0 Å². The molecule has 1 aromatic rings. The van der Waals surface area contributed by atoms with E-state index in [2.05, 4.69) is 11.6 Å². The molecule has 2 atom stereocenters. The lowest BCUT2D eigenvalue weighted by atomic mass is 9.96. The molecule has 22 heavy (non-hydrogen) atoms. The number of unbranched alkanes of at least 4 members (excludes halogenated alkanes) is 3. The van der Waals surface area contributed by atoms with Crippen molar-refractivity contribution in [3.63, 3.8) is 0 Å². The second-order valence-electron chi connectivity index (χ2n) is 5.69. The maximum atomic E-state index is 12.3. The van der Waals surface area contributed by atoms with Crippen molar-refractivity contribution in [2.75, 3.05) is 6.61 Å². The zero-order chi connectivity index (χ0) is 16.6. The lowest BCUT2D eigenvalue weighted by Gasteiger charge is -2.23. The number of hydrogen-bond donors (Lipinski definition) is 2. The molecule has 0 bridgehead atoms. The second kappa shape index (κ2) is 9.50. The molecule has 0 heterocycles. The Bertz CT molecular complexity index is 531. The minimum Gasteiger partial charge on any atom is -0.395 e. The molecule has 1 rings (SSSR count). The Hall–Kier alpha value is -0.620. The third kappa shape index (κ3) is 6.24. The van der Waals surface area contributed by atoms with Gasteiger partial charge in [-0.3, -0.25) is 0 Å². The number of aliphatic hydroxyl groups is 1. The lowest BCUT2D eigenvalue weighted by molar-refractivity contribution is 0.214. The zero-order valence-corrected chi connectivity index (χ0v) is 14.8. The molecule has 0 spiro atoms. The van der Waals surface area contributed by atoms with Crippen LogP contribution in [0.4, 0.5) is 0 Å². The predicted molar refractivity (Wildman–Crippen MR) is 90.6 cm³/mol. The normalized spacial score (nSPS) is 14.7. The Kier molecular flexibility index (Phi) is 8.39. The van der Waals surface area contributed by atoms with Gasteiger partial charge in [0.05, 0.1) is 11.5 Å². The van der Waals surface area contributed by atoms with E-state index in [1.165, 1.54) is 37.1 Å². The number of rotatable bonds is 10. The van der Waals surface area contributed by atoms with Crippen LogP contribution in [0.25, 0.3) is 0 Å². The number of nitrogens with one attached hydrogen (secondary N) is 1. The molecule has 0 aliphatic rings. The van der Waals surface area contributed by atoms with Gasteiger partial charge in [-0.15, -0.1) is 0 Å². The highest BCUT2D eigenvalue weighted by Gasteiger charge is 2.23. The van der Waals surface area contributed by atoms with E-state index in [-0.39, 0.29) is 17.4 Å². The summed E-state index contributed by atoms with van der Waals surface area (Å²) in [6.45, 7) is 3.92. The van der Waals surface area contributed by atoms with Gasteiger partial charge in [-0.05, 0) is 36.6 Å². The van der Waals surface area contributed by atoms with E-state index in [0.29, 0.717) is 5.02 Å². The smallest absolute Gasteiger partial charge is 0.240 e. The molecular formula is C16H26ClNO3S. The van der Waals surface area contributed by atoms with Crippen LogP contribution in [0.1, 0.15) is 46.0 Å². The monoisotopic (exact) mass is 347 g/mol. The Morgan fingerprint density at radius 1 is 1.18 bits per heavy atom. The van der Waals surface area contributed by atoms with Gasteiger partial charge in [-0.25, -0.2) is 13.1 Å². The van der Waals surface area contributed by atoms with E-state index in [1.54, 1.807) is 0 Å². The molecule has 1 unspecified atom stereocenters. The summed E-state index contributed by atoms with van der Waals surface area (Å²) >= 11 is 5.77. The molecule has 0 fully saturated rings. The van der Waals surface area contributed by atoms with Gasteiger partial charge < -0.3 is 5.11 Å². The second-order valence-corrected chi connectivity index (χ2v) is 7.84. The molecule has 4 nitrogen and oxygen atoms in total. The Morgan fingerprint density at radius 2 is 1.82 bits per heavy atom. The molecule has 0 saturated carbocycles. The molecule has 0 aliphatic carbocycles. The minimum atomic E-state index is -3.64. The quantitative estimate of drug-likeness (QED) is 0.636. The first-order chi connectivity index (χ1) is 10.4. The van der Waals surface area contributed by atoms with Gasteiger partial charge in [0.1, 0.15) is 0 Å². The van der Waals surface area contributed by atoms with E-state index >= 15 is 0 Å². The number of benzene rings is 1. The molecule has 126 valence electrons. The van der Waals surface area contributed by atoms with Crippen molar-refractivity contribution in [1.29, 1.82) is 0 Å². The van der Waals surface area contributed by atoms with Gasteiger partial charge >= 0.3 is 0 Å². The van der Waals surface area contributed by atoms with E-state index in [9.17, 15) is 13.5 Å². The Morgan fingerprint density at radius 3 is 2.36 bits per heavy atom. The van der Waals surface area contributed by atoms with Crippen LogP contribution in [0.2, 0.25) is 5.02 Å². The van der Waals surface area contributed by atoms with Crippen LogP contribution in [0.5, 0.6) is 0 Å². The number of hydrogen-bond acceptors (Lipinski definition) is 3. The van der Waals surface area contributed by atoms with Crippen LogP contribution in [0.3, 0.4) is 0 Å². The number of sulfonamides is 1. The molecule has 0 radical (unpaired) electrons. The summed E-state index contributed by atoms with van der Waals surface area (Å²) in [6.07, 6.45) is 5.44. The standard InChI is InChI=1S/C16H26ClNO3S/c1-3-4-5-6-7-13(2)16(12-19)18-22(20,21)15-10-8-14(17)9-11-15/h8-11,13,16,18-19H,3-7,12H2,1-2H3/t13-,16?/m1/s1. The van der Waals surface area contributed by atoms with Crippen LogP contribution >= 0.6 is 11.6 Å². The van der Waals surface area contributed by atoms with Crippen LogP contribution in [-0.4, -0.2) is 26.2 Å². The molecule has 0 saturated heterocycles. The SMILES string of the molecule is CCCCCC[C@@H](C)C(CO)NS(=O)(=O)c1ccc(Cl)cc1. The third-order valence-electron chi connectivity index (χ3n) is 3.83. The van der Waals surface area contributed by atoms with Crippen molar-refractivity contribution in [3.05, 3.63) is 29.3 Å². The van der Waals surface area contributed by atoms with Gasteiger partial charge in [0, 0.05) is 11.1 Å². The fraction of sp³-hybridized carbons (Fsp3) is 0.625. The van der Waals surface area contributed by atoms with Gasteiger partial charge in [0.2, 0.25) is 10.0 Å². The zero-order valence-electron chi connectivity index (χ0n) is 13.3. The van der Waals surface area contributed by atoms with E-state index in [4.69, 9.17) is 11.6 Å². The van der Waals surface area contributed by atoms with Crippen molar-refractivity contribution >= 4 is 21.6 Å². The van der Waals surface area contributed by atoms with E-state index < -0.39 is 16.1 Å². The van der Waals surface area contributed by atoms with Gasteiger partial charge in [0.15, 0.2) is 0 Å². The summed E-state index contributed by atoms with van der Waals surface area (Å²) in [7, 11) is -3.64. The summed E-state index contributed by atoms with van der Waals surface area (Å²) in [5, 5.41) is 9.99. The molecular weight excluding hydrogens is 322 g/mol. The highest BCUT2D eigenvalue weighted by Crippen LogP contribution is 2.18. The average molecular weight is 348 g/mol. The maximum absolute atomic E-state index is 12.3. The third-order valence-corrected chi connectivity index (χ3v) is 5.58. The molecule has 0 aromatic heterocycles. The van der Waals surface area contributed by atoms with Crippen LogP contribution in [0, 0.1) is 5.92 Å². The number of aliphatic hydroxyl groups excluding tert-OH is 1. The fourth-order valence-corrected chi connectivity index (χ4v) is 3.77. The molecule has 0 aliphatic heterocycles. The largest absolute Gasteiger partial charge is 0.395 e. The summed E-state index contributed by atoms with van der Waals surface area (Å²) in [4.78, 5) is 0.161. The first-order valence-electron chi connectivity index (χ1n) is 7.79. The van der Waals surface area contributed by atoms with E-state index in [1.807, 2.05) is 6.92 Å². The van der Waals surface area contributed by atoms with E-state index in [0.717, 1.165) is 19.3 Å². The predicted octanol–water partition coefficient (Wildman–Crippen LogP) is 3.59. The van der Waals surface area contributed by atoms with Crippen LogP contribution in [-0.2, 0) is 10.0 Å². The average Bonchev–Trinajstić information content (AvgIpc) is 2.49. The number of halogens is 1. The Labute approximate surface area is 138 Å². The first-order valence-corrected chi connectivity index (χ1v) is 9.65. The molecule has 0 amide bonds. The molecule has 2 N–H and O–H groups in total. The van der Waals surface area contributed by atoms with Crippen molar-refractivity contribution in [1.82, 2.24) is 4.72 Å². The van der Waals surface area contributed by atoms with Crippen LogP contribution < -0.4 is 4.72 Å². The first kappa shape index (κ1) is 19.4. The fourth-order valence-electron chi connectivity index (χ4n) is 2.31. The minimum absolute atomic E-state index is 0.0870. The van der Waals surface area contributed by atoms with Crippen LogP contribution in [0.15, 0.2) is 29.2 Å². The summed E-state index contributed by atoms with van der Waals surface area (Å²) in [6, 6.07) is 5.54. The van der Waals surface area contributed by atoms with Crippen molar-refractivity contribution in [2.45, 2.75) is 56.9 Å². The van der Waals surface area contributed by atoms with Crippen molar-refractivity contribution < 1.29 is 13.5 Å². The highest BCUT2D eigenvalue weighted by molar-refractivity contribution is 7.89. The van der Waals surface area contributed by atoms with Gasteiger partial charge in [-0.2, -0.15) is 0 Å². The molecule has 6 heteroatoms. The Balaban J connectivity index is 2.65. The highest BCUT2D eigenvalue weighted by atomic mass is 35.5. The lowest BCUT2D eigenvalue weighted by Crippen LogP contribution is -2.41. The van der Waals surface area contributed by atoms with Gasteiger partial charge in [0.25, 0.3) is 0 Å². The topological polar surface area (TPSA) is 66.4 Å². The molecule has 1 aromatic carbocycles. The van der Waals surface area contributed by atoms with Gasteiger partial charge in [-0.1, -0.05) is 51.1 Å². The summed E-state index contributed by atoms with van der Waals surface area (Å²) in [5.74, 6) is 0.0870.